The van der Waals surface area contributed by atoms with E-state index in [1.807, 2.05) is 26.8 Å². The number of nitro benzene ring substituents is 1. The molecule has 0 aliphatic rings. The van der Waals surface area contributed by atoms with Gasteiger partial charge in [-0.05, 0) is 25.0 Å². The van der Waals surface area contributed by atoms with Crippen LogP contribution in [-0.2, 0) is 0 Å². The minimum absolute atomic E-state index is 0.00451. The molecule has 0 fully saturated rings. The molecule has 0 aliphatic carbocycles. The Hall–Kier alpha value is -2.21. The van der Waals surface area contributed by atoms with Gasteiger partial charge >= 0.3 is 0 Å². The number of hydrogen-bond donors (Lipinski definition) is 2. The van der Waals surface area contributed by atoms with Crippen molar-refractivity contribution in [3.05, 3.63) is 40.1 Å². The maximum absolute atomic E-state index is 10.9. The van der Waals surface area contributed by atoms with Crippen molar-refractivity contribution >= 4 is 22.3 Å². The van der Waals surface area contributed by atoms with E-state index in [1.54, 1.807) is 6.07 Å². The molecule has 0 saturated heterocycles. The van der Waals surface area contributed by atoms with E-state index in [0.29, 0.717) is 10.9 Å². The molecular formula is C15H19N3O3. The highest BCUT2D eigenvalue weighted by Crippen LogP contribution is 2.28. The van der Waals surface area contributed by atoms with Gasteiger partial charge in [-0.3, -0.25) is 15.1 Å². The number of nitrogens with zero attached hydrogens (tertiary/aromatic N) is 2. The largest absolute Gasteiger partial charge is 0.394 e. The molecule has 1 atom stereocenters. The van der Waals surface area contributed by atoms with Gasteiger partial charge in [-0.25, -0.2) is 0 Å². The summed E-state index contributed by atoms with van der Waals surface area (Å²) in [4.78, 5) is 14.9. The number of non-ortho nitro benzene ring substituents is 1. The van der Waals surface area contributed by atoms with E-state index in [2.05, 4.69) is 10.3 Å². The Labute approximate surface area is 123 Å². The molecule has 2 rings (SSSR count). The Morgan fingerprint density at radius 1 is 1.38 bits per heavy atom. The highest BCUT2D eigenvalue weighted by atomic mass is 16.6. The average Bonchev–Trinajstić information content (AvgIpc) is 2.43. The number of anilines is 1. The summed E-state index contributed by atoms with van der Waals surface area (Å²) >= 11 is 0. The van der Waals surface area contributed by atoms with Crippen LogP contribution in [0, 0.1) is 23.0 Å². The molecule has 0 aliphatic heterocycles. The van der Waals surface area contributed by atoms with E-state index in [9.17, 15) is 15.2 Å². The van der Waals surface area contributed by atoms with Gasteiger partial charge in [-0.2, -0.15) is 0 Å². The highest BCUT2D eigenvalue weighted by Gasteiger charge is 2.16. The smallest absolute Gasteiger partial charge is 0.270 e. The van der Waals surface area contributed by atoms with Crippen LogP contribution >= 0.6 is 0 Å². The van der Waals surface area contributed by atoms with Crippen molar-refractivity contribution < 1.29 is 10.0 Å². The van der Waals surface area contributed by atoms with E-state index >= 15 is 0 Å². The Morgan fingerprint density at radius 3 is 2.67 bits per heavy atom. The summed E-state index contributed by atoms with van der Waals surface area (Å²) in [6, 6.07) is 6.34. The lowest BCUT2D eigenvalue weighted by Gasteiger charge is -2.22. The number of aromatic nitrogens is 1. The van der Waals surface area contributed by atoms with Crippen LogP contribution in [0.5, 0.6) is 0 Å². The number of benzene rings is 1. The van der Waals surface area contributed by atoms with Crippen LogP contribution in [0.15, 0.2) is 24.3 Å². The topological polar surface area (TPSA) is 88.3 Å². The van der Waals surface area contributed by atoms with E-state index in [4.69, 9.17) is 0 Å². The molecule has 112 valence electrons. The molecule has 21 heavy (non-hydrogen) atoms. The lowest BCUT2D eigenvalue weighted by atomic mass is 10.0. The molecule has 0 saturated carbocycles. The first-order valence-corrected chi connectivity index (χ1v) is 6.85. The second kappa shape index (κ2) is 6.05. The summed E-state index contributed by atoms with van der Waals surface area (Å²) in [5.41, 5.74) is 2.30. The van der Waals surface area contributed by atoms with Crippen LogP contribution < -0.4 is 5.32 Å². The Morgan fingerprint density at radius 2 is 2.10 bits per heavy atom. The maximum Gasteiger partial charge on any atom is 0.270 e. The van der Waals surface area contributed by atoms with Gasteiger partial charge in [0.15, 0.2) is 0 Å². The summed E-state index contributed by atoms with van der Waals surface area (Å²) in [7, 11) is 0. The van der Waals surface area contributed by atoms with E-state index in [1.165, 1.54) is 12.1 Å². The monoisotopic (exact) mass is 289 g/mol. The molecule has 0 amide bonds. The van der Waals surface area contributed by atoms with Crippen LogP contribution in [0.2, 0.25) is 0 Å². The van der Waals surface area contributed by atoms with E-state index in [0.717, 1.165) is 11.4 Å². The summed E-state index contributed by atoms with van der Waals surface area (Å²) in [6.45, 7) is 5.88. The number of aliphatic hydroxyl groups excluding tert-OH is 1. The summed E-state index contributed by atoms with van der Waals surface area (Å²) in [5, 5.41) is 24.3. The van der Waals surface area contributed by atoms with Gasteiger partial charge in [0.2, 0.25) is 0 Å². The third-order valence-electron chi connectivity index (χ3n) is 3.47. The maximum atomic E-state index is 10.9. The lowest BCUT2D eigenvalue weighted by Crippen LogP contribution is -2.29. The van der Waals surface area contributed by atoms with Crippen LogP contribution in [0.4, 0.5) is 11.4 Å². The molecule has 0 spiro atoms. The number of hydrogen-bond acceptors (Lipinski definition) is 5. The van der Waals surface area contributed by atoms with Crippen molar-refractivity contribution in [2.24, 2.45) is 5.92 Å². The van der Waals surface area contributed by atoms with Crippen LogP contribution in [-0.4, -0.2) is 27.7 Å². The first-order valence-electron chi connectivity index (χ1n) is 6.85. The van der Waals surface area contributed by atoms with Gasteiger partial charge in [0.1, 0.15) is 0 Å². The zero-order chi connectivity index (χ0) is 15.6. The van der Waals surface area contributed by atoms with Gasteiger partial charge in [0.25, 0.3) is 5.69 Å². The lowest BCUT2D eigenvalue weighted by molar-refractivity contribution is -0.384. The van der Waals surface area contributed by atoms with Crippen LogP contribution in [0.3, 0.4) is 0 Å². The fourth-order valence-corrected chi connectivity index (χ4v) is 2.20. The predicted octanol–water partition coefficient (Wildman–Crippen LogP) is 2.88. The number of aliphatic hydroxyl groups is 1. The van der Waals surface area contributed by atoms with Gasteiger partial charge in [-0.15, -0.1) is 0 Å². The average molecular weight is 289 g/mol. The van der Waals surface area contributed by atoms with Crippen LogP contribution in [0.1, 0.15) is 19.5 Å². The molecule has 1 aromatic carbocycles. The summed E-state index contributed by atoms with van der Waals surface area (Å²) in [6.07, 6.45) is 0. The Kier molecular flexibility index (Phi) is 4.37. The fraction of sp³-hybridized carbons (Fsp3) is 0.400. The van der Waals surface area contributed by atoms with Crippen molar-refractivity contribution in [3.8, 4) is 0 Å². The number of nitrogens with one attached hydrogen (secondary N) is 1. The molecule has 0 radical (unpaired) electrons. The van der Waals surface area contributed by atoms with E-state index in [-0.39, 0.29) is 24.3 Å². The second-order valence-electron chi connectivity index (χ2n) is 5.45. The minimum atomic E-state index is -0.422. The standard InChI is InChI=1S/C15H19N3O3/c1-9(2)15(8-19)17-14-6-10(3)16-13-5-4-11(18(20)21)7-12(13)14/h4-7,9,15,19H,8H2,1-3H3,(H,16,17)/t15-/m1/s1. The first kappa shape index (κ1) is 15.2. The predicted molar refractivity (Wildman–Crippen MR) is 82.5 cm³/mol. The van der Waals surface area contributed by atoms with Gasteiger partial charge in [0.05, 0.1) is 23.1 Å². The molecular weight excluding hydrogens is 270 g/mol. The molecule has 0 bridgehead atoms. The number of fused-ring (bicyclic) bond motifs is 1. The van der Waals surface area contributed by atoms with Crippen molar-refractivity contribution in [1.29, 1.82) is 0 Å². The molecule has 2 N–H and O–H groups in total. The SMILES string of the molecule is Cc1cc(N[C@H](CO)C(C)C)c2cc([N+](=O)[O-])ccc2n1. The van der Waals surface area contributed by atoms with Crippen LogP contribution in [0.25, 0.3) is 10.9 Å². The van der Waals surface area contributed by atoms with Crippen molar-refractivity contribution in [2.75, 3.05) is 11.9 Å². The third kappa shape index (κ3) is 3.28. The number of rotatable bonds is 5. The summed E-state index contributed by atoms with van der Waals surface area (Å²) in [5.74, 6) is 0.234. The van der Waals surface area contributed by atoms with Gasteiger partial charge in [-0.1, -0.05) is 13.8 Å². The zero-order valence-corrected chi connectivity index (χ0v) is 12.3. The Balaban J connectivity index is 2.54. The molecule has 6 nitrogen and oxygen atoms in total. The molecule has 0 unspecified atom stereocenters. The van der Waals surface area contributed by atoms with Gasteiger partial charge < -0.3 is 10.4 Å². The second-order valence-corrected chi connectivity index (χ2v) is 5.45. The number of pyridine rings is 1. The molecule has 1 aromatic heterocycles. The molecule has 1 heterocycles. The van der Waals surface area contributed by atoms with Crippen molar-refractivity contribution in [1.82, 2.24) is 4.98 Å². The number of aryl methyl sites for hydroxylation is 1. The zero-order valence-electron chi connectivity index (χ0n) is 12.3. The summed E-state index contributed by atoms with van der Waals surface area (Å²) < 4.78 is 0. The Bertz CT molecular complexity index is 671. The number of nitro groups is 1. The molecule has 2 aromatic rings. The van der Waals surface area contributed by atoms with Gasteiger partial charge in [0, 0.05) is 28.9 Å². The first-order chi connectivity index (χ1) is 9.92. The minimum Gasteiger partial charge on any atom is -0.394 e. The van der Waals surface area contributed by atoms with Crippen molar-refractivity contribution in [3.63, 3.8) is 0 Å². The van der Waals surface area contributed by atoms with Crippen molar-refractivity contribution in [2.45, 2.75) is 26.8 Å². The quantitative estimate of drug-likeness (QED) is 0.652. The fourth-order valence-electron chi connectivity index (χ4n) is 2.20. The highest BCUT2D eigenvalue weighted by molar-refractivity contribution is 5.93. The third-order valence-corrected chi connectivity index (χ3v) is 3.47. The molecule has 6 heteroatoms. The van der Waals surface area contributed by atoms with E-state index < -0.39 is 4.92 Å². The normalized spacial score (nSPS) is 12.6.